The van der Waals surface area contributed by atoms with E-state index in [1.165, 1.54) is 0 Å². The lowest BCUT2D eigenvalue weighted by Gasteiger charge is -2.22. The molecule has 1 amide bonds. The van der Waals surface area contributed by atoms with E-state index in [0.717, 1.165) is 31.4 Å². The van der Waals surface area contributed by atoms with Crippen molar-refractivity contribution in [2.24, 2.45) is 0 Å². The molecule has 1 aliphatic rings. The lowest BCUT2D eigenvalue weighted by molar-refractivity contribution is 0.0665. The number of hydrogen-bond acceptors (Lipinski definition) is 5. The van der Waals surface area contributed by atoms with Gasteiger partial charge in [-0.2, -0.15) is 0 Å². The van der Waals surface area contributed by atoms with Crippen LogP contribution >= 0.6 is 12.2 Å². The maximum Gasteiger partial charge on any atom is 0.284 e. The largest absolute Gasteiger partial charge is 0.409 e. The van der Waals surface area contributed by atoms with Gasteiger partial charge in [0.05, 0.1) is 12.1 Å². The molecule has 7 heteroatoms. The third-order valence-corrected chi connectivity index (χ3v) is 4.18. The number of carbonyl (C=O) groups excluding carboxylic acids is 1. The minimum absolute atomic E-state index is 0.0498. The predicted molar refractivity (Wildman–Crippen MR) is 87.6 cm³/mol. The van der Waals surface area contributed by atoms with Crippen LogP contribution in [0.3, 0.4) is 0 Å². The Kier molecular flexibility index (Phi) is 4.88. The van der Waals surface area contributed by atoms with Crippen LogP contribution in [0, 0.1) is 4.84 Å². The molecule has 1 aliphatic heterocycles. The molecule has 1 saturated heterocycles. The van der Waals surface area contributed by atoms with Crippen molar-refractivity contribution in [1.82, 2.24) is 15.5 Å². The van der Waals surface area contributed by atoms with Crippen LogP contribution in [-0.2, 0) is 4.74 Å². The van der Waals surface area contributed by atoms with E-state index in [-0.39, 0.29) is 22.9 Å². The third kappa shape index (κ3) is 3.68. The summed E-state index contributed by atoms with van der Waals surface area (Å²) in [6.07, 6.45) is 3.03. The number of nitrogens with one attached hydrogen (secondary N) is 2. The van der Waals surface area contributed by atoms with Crippen molar-refractivity contribution in [3.8, 4) is 11.5 Å². The van der Waals surface area contributed by atoms with E-state index >= 15 is 0 Å². The summed E-state index contributed by atoms with van der Waals surface area (Å²) < 4.78 is 10.9. The number of aromatic nitrogens is 2. The average Bonchev–Trinajstić information content (AvgIpc) is 3.24. The molecule has 0 radical (unpaired) electrons. The van der Waals surface area contributed by atoms with E-state index in [9.17, 15) is 4.79 Å². The molecule has 122 valence electrons. The summed E-state index contributed by atoms with van der Waals surface area (Å²) >= 11 is 4.85. The summed E-state index contributed by atoms with van der Waals surface area (Å²) in [5.41, 5.74) is 1.36. The fraction of sp³-hybridized carbons (Fsp3) is 0.438. The number of nitrogens with zero attached hydrogens (tertiary/aromatic N) is 1. The second kappa shape index (κ2) is 7.06. The van der Waals surface area contributed by atoms with Gasteiger partial charge in [0.15, 0.2) is 0 Å². The van der Waals surface area contributed by atoms with Crippen LogP contribution < -0.4 is 5.32 Å². The van der Waals surface area contributed by atoms with Crippen molar-refractivity contribution < 1.29 is 13.9 Å². The Bertz CT molecular complexity index is 717. The highest BCUT2D eigenvalue weighted by Crippen LogP contribution is 2.19. The number of carbonyl (C=O) groups is 1. The summed E-state index contributed by atoms with van der Waals surface area (Å²) in [5, 5.41) is 9.60. The molecule has 0 saturated carbocycles. The molecule has 6 nitrogen and oxygen atoms in total. The molecule has 2 aromatic rings. The van der Waals surface area contributed by atoms with Gasteiger partial charge in [0.2, 0.25) is 5.89 Å². The molecule has 2 N–H and O–H groups in total. The van der Waals surface area contributed by atoms with Crippen LogP contribution in [0.4, 0.5) is 0 Å². The van der Waals surface area contributed by atoms with Crippen LogP contribution in [0.25, 0.3) is 11.5 Å². The molecular weight excluding hydrogens is 314 g/mol. The average molecular weight is 333 g/mol. The zero-order valence-electron chi connectivity index (χ0n) is 12.9. The monoisotopic (exact) mass is 333 g/mol. The number of H-pyrrole nitrogens is 1. The van der Waals surface area contributed by atoms with Gasteiger partial charge in [0.25, 0.3) is 10.7 Å². The van der Waals surface area contributed by atoms with Crippen molar-refractivity contribution >= 4 is 18.1 Å². The van der Waals surface area contributed by atoms with E-state index < -0.39 is 0 Å². The number of ether oxygens (including phenoxy) is 1. The maximum atomic E-state index is 12.4. The smallest absolute Gasteiger partial charge is 0.284 e. The van der Waals surface area contributed by atoms with E-state index in [1.807, 2.05) is 0 Å². The minimum atomic E-state index is -0.0955. The molecule has 2 heterocycles. The first kappa shape index (κ1) is 15.9. The number of benzene rings is 1. The summed E-state index contributed by atoms with van der Waals surface area (Å²) in [6.45, 7) is 2.84. The molecule has 3 rings (SSSR count). The van der Waals surface area contributed by atoms with Crippen molar-refractivity contribution in [3.63, 3.8) is 0 Å². The second-order valence-corrected chi connectivity index (χ2v) is 5.91. The SMILES string of the molecule is CC[C@H](NC(=O)c1ccc(-c2n[nH]c(=S)o2)cc1)[C@@H]1CCCO1. The number of hydrogen-bond donors (Lipinski definition) is 2. The normalized spacial score (nSPS) is 18.7. The molecule has 0 bridgehead atoms. The molecule has 1 aromatic carbocycles. The third-order valence-electron chi connectivity index (χ3n) is 4.00. The summed E-state index contributed by atoms with van der Waals surface area (Å²) in [7, 11) is 0. The summed E-state index contributed by atoms with van der Waals surface area (Å²) in [4.78, 5) is 12.6. The van der Waals surface area contributed by atoms with E-state index in [1.54, 1.807) is 24.3 Å². The van der Waals surface area contributed by atoms with Gasteiger partial charge < -0.3 is 14.5 Å². The Morgan fingerprint density at radius 2 is 2.26 bits per heavy atom. The number of aromatic amines is 1. The molecule has 0 aliphatic carbocycles. The van der Waals surface area contributed by atoms with Crippen molar-refractivity contribution in [3.05, 3.63) is 34.7 Å². The standard InChI is InChI=1S/C16H19N3O3S/c1-2-12(13-4-3-9-21-13)17-14(20)10-5-7-11(8-6-10)15-18-19-16(23)22-15/h5-8,12-13H,2-4,9H2,1H3,(H,17,20)(H,19,23)/t12-,13-/m0/s1. The molecule has 23 heavy (non-hydrogen) atoms. The zero-order chi connectivity index (χ0) is 16.2. The van der Waals surface area contributed by atoms with Gasteiger partial charge in [-0.15, -0.1) is 5.10 Å². The quantitative estimate of drug-likeness (QED) is 0.822. The Balaban J connectivity index is 1.68. The highest BCUT2D eigenvalue weighted by atomic mass is 32.1. The first-order chi connectivity index (χ1) is 11.2. The maximum absolute atomic E-state index is 12.4. The van der Waals surface area contributed by atoms with Crippen molar-refractivity contribution in [2.75, 3.05) is 6.61 Å². The topological polar surface area (TPSA) is 80.2 Å². The Hall–Kier alpha value is -1.99. The van der Waals surface area contributed by atoms with Crippen LogP contribution in [0.1, 0.15) is 36.5 Å². The molecular formula is C16H19N3O3S. The molecule has 1 aromatic heterocycles. The van der Waals surface area contributed by atoms with Crippen LogP contribution in [0.5, 0.6) is 0 Å². The molecule has 0 spiro atoms. The minimum Gasteiger partial charge on any atom is -0.409 e. The Morgan fingerprint density at radius 3 is 2.83 bits per heavy atom. The van der Waals surface area contributed by atoms with E-state index in [0.29, 0.717) is 11.5 Å². The lowest BCUT2D eigenvalue weighted by atomic mass is 10.0. The van der Waals surface area contributed by atoms with Crippen molar-refractivity contribution in [2.45, 2.75) is 38.3 Å². The Morgan fingerprint density at radius 1 is 1.48 bits per heavy atom. The predicted octanol–water partition coefficient (Wildman–Crippen LogP) is 3.09. The fourth-order valence-electron chi connectivity index (χ4n) is 2.75. The van der Waals surface area contributed by atoms with Gasteiger partial charge >= 0.3 is 0 Å². The fourth-order valence-corrected chi connectivity index (χ4v) is 2.87. The van der Waals surface area contributed by atoms with Gasteiger partial charge in [-0.1, -0.05) is 6.92 Å². The number of rotatable bonds is 5. The molecule has 0 unspecified atom stereocenters. The van der Waals surface area contributed by atoms with Gasteiger partial charge in [-0.05, 0) is 55.7 Å². The van der Waals surface area contributed by atoms with Gasteiger partial charge in [0.1, 0.15) is 0 Å². The second-order valence-electron chi connectivity index (χ2n) is 5.54. The first-order valence-electron chi connectivity index (χ1n) is 7.76. The highest BCUT2D eigenvalue weighted by molar-refractivity contribution is 7.71. The highest BCUT2D eigenvalue weighted by Gasteiger charge is 2.26. The first-order valence-corrected chi connectivity index (χ1v) is 8.16. The van der Waals surface area contributed by atoms with E-state index in [4.69, 9.17) is 21.4 Å². The molecule has 2 atom stereocenters. The summed E-state index contributed by atoms with van der Waals surface area (Å²) in [6, 6.07) is 7.13. The zero-order valence-corrected chi connectivity index (χ0v) is 13.7. The lowest BCUT2D eigenvalue weighted by Crippen LogP contribution is -2.42. The molecule has 1 fully saturated rings. The van der Waals surface area contributed by atoms with Crippen molar-refractivity contribution in [1.29, 1.82) is 0 Å². The van der Waals surface area contributed by atoms with Gasteiger partial charge in [-0.3, -0.25) is 4.79 Å². The Labute approximate surface area is 139 Å². The van der Waals surface area contributed by atoms with Crippen LogP contribution in [0.2, 0.25) is 0 Å². The summed E-state index contributed by atoms with van der Waals surface area (Å²) in [5.74, 6) is 0.314. The van der Waals surface area contributed by atoms with Crippen LogP contribution in [-0.4, -0.2) is 34.9 Å². The van der Waals surface area contributed by atoms with E-state index in [2.05, 4.69) is 22.4 Å². The van der Waals surface area contributed by atoms with Crippen LogP contribution in [0.15, 0.2) is 28.7 Å². The van der Waals surface area contributed by atoms with Gasteiger partial charge in [0, 0.05) is 17.7 Å². The van der Waals surface area contributed by atoms with Gasteiger partial charge in [-0.25, -0.2) is 5.10 Å². The number of amides is 1.